The number of likely N-dealkylation sites (N-methyl/N-ethyl adjacent to an activating group) is 2. The van der Waals surface area contributed by atoms with Gasteiger partial charge in [-0.15, -0.1) is 0 Å². The van der Waals surface area contributed by atoms with E-state index in [2.05, 4.69) is 65.1 Å². The molecule has 0 atom stereocenters. The van der Waals surface area contributed by atoms with Crippen molar-refractivity contribution in [3.05, 3.63) is 93.9 Å². The number of halogens is 3. The maximum Gasteiger partial charge on any atom is 0.386 e. The summed E-state index contributed by atoms with van der Waals surface area (Å²) in [6, 6.07) is 19.2. The number of nitrogens with zero attached hydrogens (tertiary/aromatic N) is 2. The number of nitrogens with one attached hydrogen (secondary N) is 2. The second-order valence-electron chi connectivity index (χ2n) is 8.92. The van der Waals surface area contributed by atoms with Gasteiger partial charge in [0.25, 0.3) is 5.91 Å². The third-order valence-corrected chi connectivity index (χ3v) is 5.23. The van der Waals surface area contributed by atoms with Crippen LogP contribution in [0.25, 0.3) is 0 Å². The van der Waals surface area contributed by atoms with Crippen molar-refractivity contribution in [3.63, 3.8) is 0 Å². The zero-order valence-electron chi connectivity index (χ0n) is 23.0. The number of H-pyrrole nitrogens is 1. The summed E-state index contributed by atoms with van der Waals surface area (Å²) in [4.78, 5) is 30.4. The normalized spacial score (nSPS) is 10.6. The van der Waals surface area contributed by atoms with Gasteiger partial charge in [-0.25, -0.2) is 0 Å². The molecule has 0 saturated heterocycles. The molecule has 0 spiro atoms. The van der Waals surface area contributed by atoms with Crippen LogP contribution < -0.4 is 15.8 Å². The second-order valence-corrected chi connectivity index (χ2v) is 8.92. The minimum atomic E-state index is -4.00. The Bertz CT molecular complexity index is 1150. The average Bonchev–Trinajstić information content (AvgIpc) is 2.85. The van der Waals surface area contributed by atoms with Crippen molar-refractivity contribution in [3.8, 4) is 0 Å². The molecule has 0 unspecified atom stereocenters. The molecular formula is C29H39F3N4O2. The zero-order chi connectivity index (χ0) is 28.7. The van der Waals surface area contributed by atoms with Crippen molar-refractivity contribution in [1.82, 2.24) is 9.88 Å². The summed E-state index contributed by atoms with van der Waals surface area (Å²) in [5.41, 5.74) is 4.71. The van der Waals surface area contributed by atoms with Crippen molar-refractivity contribution in [2.45, 2.75) is 40.3 Å². The second kappa shape index (κ2) is 16.3. The molecule has 2 N–H and O–H groups in total. The standard InChI is InChI=1S/C18H24N4O2.C9H12.C2H3F3/c1-4-22(12-11-21(2)3)16-8-6-5-7-15(16)20-18(24)14-9-10-17(23)19-13-14;1-3-9-6-4-5-8(2)7-9;1-2(3,4)5/h5-10,13H,4,11-12H2,1-3H3,(H,19,23)(H,20,24);4-7H,3H2,1-2H3;1H3. The third-order valence-electron chi connectivity index (χ3n) is 5.23. The molecule has 0 aliphatic rings. The van der Waals surface area contributed by atoms with Crippen LogP contribution in [0.5, 0.6) is 0 Å². The molecule has 0 aliphatic carbocycles. The van der Waals surface area contributed by atoms with E-state index in [0.717, 1.165) is 37.4 Å². The van der Waals surface area contributed by atoms with Crippen LogP contribution in [0.3, 0.4) is 0 Å². The molecule has 0 radical (unpaired) electrons. The van der Waals surface area contributed by atoms with Gasteiger partial charge in [0.1, 0.15) is 0 Å². The Kier molecular flexibility index (Phi) is 13.9. The average molecular weight is 533 g/mol. The monoisotopic (exact) mass is 532 g/mol. The number of para-hydroxylation sites is 2. The van der Waals surface area contributed by atoms with Crippen LogP contribution in [-0.4, -0.2) is 55.7 Å². The van der Waals surface area contributed by atoms with Crippen LogP contribution in [0.2, 0.25) is 0 Å². The quantitative estimate of drug-likeness (QED) is 0.366. The van der Waals surface area contributed by atoms with Gasteiger partial charge in [-0.05, 0) is 58.1 Å². The Morgan fingerprint density at radius 2 is 1.63 bits per heavy atom. The predicted molar refractivity (Wildman–Crippen MR) is 150 cm³/mol. The molecule has 208 valence electrons. The van der Waals surface area contributed by atoms with E-state index in [1.165, 1.54) is 29.5 Å². The maximum atomic E-state index is 12.4. The number of rotatable bonds is 8. The highest BCUT2D eigenvalue weighted by Gasteiger charge is 2.15. The Morgan fingerprint density at radius 1 is 0.974 bits per heavy atom. The summed E-state index contributed by atoms with van der Waals surface area (Å²) in [7, 11) is 4.08. The van der Waals surface area contributed by atoms with Gasteiger partial charge in [0, 0.05) is 38.8 Å². The molecule has 0 bridgehead atoms. The Labute approximate surface area is 223 Å². The minimum Gasteiger partial charge on any atom is -0.369 e. The molecule has 1 aromatic heterocycles. The molecule has 2 aromatic carbocycles. The number of hydrogen-bond acceptors (Lipinski definition) is 4. The van der Waals surface area contributed by atoms with Crippen LogP contribution >= 0.6 is 0 Å². The highest BCUT2D eigenvalue weighted by Crippen LogP contribution is 2.26. The predicted octanol–water partition coefficient (Wildman–Crippen LogP) is 6.14. The van der Waals surface area contributed by atoms with Crippen molar-refractivity contribution in [1.29, 1.82) is 0 Å². The van der Waals surface area contributed by atoms with Crippen molar-refractivity contribution in [2.75, 3.05) is 43.9 Å². The summed E-state index contributed by atoms with van der Waals surface area (Å²) in [6.07, 6.45) is -1.44. The number of alkyl halides is 3. The Hall–Kier alpha value is -3.59. The highest BCUT2D eigenvalue weighted by atomic mass is 19.4. The number of amides is 1. The summed E-state index contributed by atoms with van der Waals surface area (Å²) in [6.45, 7) is 9.22. The largest absolute Gasteiger partial charge is 0.386 e. The van der Waals surface area contributed by atoms with E-state index in [9.17, 15) is 22.8 Å². The van der Waals surface area contributed by atoms with Crippen molar-refractivity contribution >= 4 is 17.3 Å². The lowest BCUT2D eigenvalue weighted by molar-refractivity contribution is -0.110. The van der Waals surface area contributed by atoms with Crippen molar-refractivity contribution < 1.29 is 18.0 Å². The number of carbonyl (C=O) groups excluding carboxylic acids is 1. The Balaban J connectivity index is 0.000000421. The molecule has 0 aliphatic heterocycles. The molecular weight excluding hydrogens is 493 g/mol. The molecule has 6 nitrogen and oxygen atoms in total. The SMILES string of the molecule is CC(F)(F)F.CCN(CCN(C)C)c1ccccc1NC(=O)c1ccc(=O)[nH]c1.CCc1cccc(C)c1. The van der Waals surface area contributed by atoms with E-state index in [1.807, 2.05) is 38.4 Å². The molecule has 0 saturated carbocycles. The van der Waals surface area contributed by atoms with E-state index in [0.29, 0.717) is 5.56 Å². The first-order chi connectivity index (χ1) is 17.8. The summed E-state index contributed by atoms with van der Waals surface area (Å²) >= 11 is 0. The smallest absolute Gasteiger partial charge is 0.369 e. The fraction of sp³-hybridized carbons (Fsp3) is 0.379. The fourth-order valence-corrected chi connectivity index (χ4v) is 3.30. The van der Waals surface area contributed by atoms with Gasteiger partial charge < -0.3 is 20.1 Å². The number of aryl methyl sites for hydroxylation is 2. The third kappa shape index (κ3) is 13.6. The van der Waals surface area contributed by atoms with Gasteiger partial charge in [-0.1, -0.05) is 48.9 Å². The molecule has 38 heavy (non-hydrogen) atoms. The lowest BCUT2D eigenvalue weighted by Gasteiger charge is -2.27. The molecule has 3 aromatic rings. The van der Waals surface area contributed by atoms with Gasteiger partial charge in [-0.3, -0.25) is 9.59 Å². The molecule has 1 heterocycles. The van der Waals surface area contributed by atoms with Gasteiger partial charge in [-0.2, -0.15) is 13.2 Å². The van der Waals surface area contributed by atoms with E-state index in [-0.39, 0.29) is 18.4 Å². The lowest BCUT2D eigenvalue weighted by atomic mass is 10.1. The number of pyridine rings is 1. The minimum absolute atomic E-state index is 0.188. The van der Waals surface area contributed by atoms with E-state index in [4.69, 9.17) is 0 Å². The maximum absolute atomic E-state index is 12.4. The van der Waals surface area contributed by atoms with E-state index in [1.54, 1.807) is 0 Å². The van der Waals surface area contributed by atoms with Crippen LogP contribution in [-0.2, 0) is 6.42 Å². The lowest BCUT2D eigenvalue weighted by Crippen LogP contribution is -2.32. The first-order valence-corrected chi connectivity index (χ1v) is 12.4. The van der Waals surface area contributed by atoms with E-state index < -0.39 is 6.18 Å². The van der Waals surface area contributed by atoms with Crippen molar-refractivity contribution in [2.24, 2.45) is 0 Å². The first-order valence-electron chi connectivity index (χ1n) is 12.4. The van der Waals surface area contributed by atoms with Gasteiger partial charge in [0.15, 0.2) is 0 Å². The topological polar surface area (TPSA) is 68.4 Å². The number of benzene rings is 2. The van der Waals surface area contributed by atoms with Gasteiger partial charge in [0.05, 0.1) is 16.9 Å². The Morgan fingerprint density at radius 3 is 2.13 bits per heavy atom. The number of hydrogen-bond donors (Lipinski definition) is 2. The highest BCUT2D eigenvalue weighted by molar-refractivity contribution is 6.05. The van der Waals surface area contributed by atoms with Crippen LogP contribution in [0.4, 0.5) is 24.5 Å². The number of aromatic nitrogens is 1. The van der Waals surface area contributed by atoms with Crippen LogP contribution in [0.15, 0.2) is 71.7 Å². The summed E-state index contributed by atoms with van der Waals surface area (Å²) in [5.74, 6) is -0.248. The van der Waals surface area contributed by atoms with Crippen LogP contribution in [0, 0.1) is 6.92 Å². The summed E-state index contributed by atoms with van der Waals surface area (Å²) < 4.78 is 31.1. The molecule has 9 heteroatoms. The van der Waals surface area contributed by atoms with Gasteiger partial charge in [0.2, 0.25) is 5.56 Å². The fourth-order valence-electron chi connectivity index (χ4n) is 3.30. The van der Waals surface area contributed by atoms with Crippen LogP contribution in [0.1, 0.15) is 42.3 Å². The number of aromatic amines is 1. The number of anilines is 2. The van der Waals surface area contributed by atoms with E-state index >= 15 is 0 Å². The molecule has 0 fully saturated rings. The molecule has 1 amide bonds. The summed E-state index contributed by atoms with van der Waals surface area (Å²) in [5, 5.41) is 2.93. The molecule has 3 rings (SSSR count). The van der Waals surface area contributed by atoms with Gasteiger partial charge >= 0.3 is 6.18 Å². The number of carbonyl (C=O) groups is 1. The first kappa shape index (κ1) is 32.4. The zero-order valence-corrected chi connectivity index (χ0v) is 23.0.